The maximum absolute atomic E-state index is 12.3. The van der Waals surface area contributed by atoms with Gasteiger partial charge in [-0.3, -0.25) is 9.48 Å². The second-order valence-corrected chi connectivity index (χ2v) is 5.55. The SMILES string of the molecule is CC(C)[C@H](NC(=O)Nc1ccccc1)C(=O)Nc1ccn(C)n1. The van der Waals surface area contributed by atoms with E-state index in [1.807, 2.05) is 32.0 Å². The molecule has 23 heavy (non-hydrogen) atoms. The predicted molar refractivity (Wildman–Crippen MR) is 89.1 cm³/mol. The van der Waals surface area contributed by atoms with E-state index < -0.39 is 12.1 Å². The average Bonchev–Trinajstić information content (AvgIpc) is 2.90. The fourth-order valence-corrected chi connectivity index (χ4v) is 2.05. The Morgan fingerprint density at radius 2 is 1.78 bits per heavy atom. The highest BCUT2D eigenvalue weighted by Gasteiger charge is 2.24. The van der Waals surface area contributed by atoms with Crippen LogP contribution in [0.15, 0.2) is 42.6 Å². The van der Waals surface area contributed by atoms with Crippen LogP contribution in [-0.4, -0.2) is 27.8 Å². The molecule has 0 saturated heterocycles. The summed E-state index contributed by atoms with van der Waals surface area (Å²) in [6.45, 7) is 3.73. The highest BCUT2D eigenvalue weighted by atomic mass is 16.2. The van der Waals surface area contributed by atoms with Crippen LogP contribution < -0.4 is 16.0 Å². The quantitative estimate of drug-likeness (QED) is 0.790. The van der Waals surface area contributed by atoms with Crippen molar-refractivity contribution in [1.82, 2.24) is 15.1 Å². The zero-order valence-corrected chi connectivity index (χ0v) is 13.4. The van der Waals surface area contributed by atoms with Gasteiger partial charge < -0.3 is 16.0 Å². The number of benzene rings is 1. The summed E-state index contributed by atoms with van der Waals surface area (Å²) >= 11 is 0. The Hall–Kier alpha value is -2.83. The lowest BCUT2D eigenvalue weighted by Crippen LogP contribution is -2.48. The minimum atomic E-state index is -0.666. The van der Waals surface area contributed by atoms with Gasteiger partial charge >= 0.3 is 6.03 Å². The number of hydrogen-bond donors (Lipinski definition) is 3. The van der Waals surface area contributed by atoms with Crippen LogP contribution in [0.4, 0.5) is 16.3 Å². The minimum absolute atomic E-state index is 0.0692. The van der Waals surface area contributed by atoms with E-state index in [9.17, 15) is 9.59 Å². The predicted octanol–water partition coefficient (Wildman–Crippen LogP) is 2.20. The molecular formula is C16H21N5O2. The Balaban J connectivity index is 1.97. The third-order valence-electron chi connectivity index (χ3n) is 3.23. The molecule has 0 radical (unpaired) electrons. The average molecular weight is 315 g/mol. The van der Waals surface area contributed by atoms with Crippen LogP contribution in [0.5, 0.6) is 0 Å². The van der Waals surface area contributed by atoms with Gasteiger partial charge in [0.25, 0.3) is 0 Å². The summed E-state index contributed by atoms with van der Waals surface area (Å²) in [4.78, 5) is 24.4. The van der Waals surface area contributed by atoms with Crippen LogP contribution in [-0.2, 0) is 11.8 Å². The molecule has 0 saturated carbocycles. The molecule has 1 heterocycles. The Kier molecular flexibility index (Phi) is 5.35. The molecule has 0 aliphatic carbocycles. The monoisotopic (exact) mass is 315 g/mol. The molecule has 3 amide bonds. The van der Waals surface area contributed by atoms with Gasteiger partial charge in [-0.25, -0.2) is 4.79 Å². The van der Waals surface area contributed by atoms with Crippen LogP contribution in [0.25, 0.3) is 0 Å². The van der Waals surface area contributed by atoms with E-state index >= 15 is 0 Å². The number of rotatable bonds is 5. The Morgan fingerprint density at radius 3 is 2.35 bits per heavy atom. The number of hydrogen-bond acceptors (Lipinski definition) is 3. The Bertz CT molecular complexity index is 666. The van der Waals surface area contributed by atoms with Crippen LogP contribution in [0.2, 0.25) is 0 Å². The number of para-hydroxylation sites is 1. The van der Waals surface area contributed by atoms with Crippen molar-refractivity contribution >= 4 is 23.4 Å². The fraction of sp³-hybridized carbons (Fsp3) is 0.312. The molecule has 2 aromatic rings. The molecule has 1 aromatic carbocycles. The number of nitrogens with zero attached hydrogens (tertiary/aromatic N) is 2. The number of amides is 3. The lowest BCUT2D eigenvalue weighted by atomic mass is 10.0. The molecule has 0 bridgehead atoms. The number of aryl methyl sites for hydroxylation is 1. The molecule has 0 spiro atoms. The first-order valence-corrected chi connectivity index (χ1v) is 7.39. The van der Waals surface area contributed by atoms with Crippen molar-refractivity contribution in [3.05, 3.63) is 42.6 Å². The summed E-state index contributed by atoms with van der Waals surface area (Å²) in [7, 11) is 1.77. The lowest BCUT2D eigenvalue weighted by molar-refractivity contribution is -0.118. The number of carbonyl (C=O) groups excluding carboxylic acids is 2. The van der Waals surface area contributed by atoms with E-state index in [1.54, 1.807) is 36.1 Å². The summed E-state index contributed by atoms with van der Waals surface area (Å²) in [5.74, 6) is 0.0792. The molecule has 1 atom stereocenters. The standard InChI is InChI=1S/C16H21N5O2/c1-11(2)14(15(22)18-13-9-10-21(3)20-13)19-16(23)17-12-7-5-4-6-8-12/h4-11,14H,1-3H3,(H2,17,19,23)(H,18,20,22)/t14-/m0/s1. The normalized spacial score (nSPS) is 11.8. The molecule has 2 rings (SSSR count). The van der Waals surface area contributed by atoms with Crippen LogP contribution >= 0.6 is 0 Å². The first-order chi connectivity index (χ1) is 11.0. The molecule has 0 unspecified atom stereocenters. The Labute approximate surface area is 135 Å². The largest absolute Gasteiger partial charge is 0.326 e. The van der Waals surface area contributed by atoms with Gasteiger partial charge in [0.2, 0.25) is 5.91 Å². The maximum atomic E-state index is 12.3. The first-order valence-electron chi connectivity index (χ1n) is 7.39. The van der Waals surface area contributed by atoms with Gasteiger partial charge in [0.05, 0.1) is 0 Å². The fourth-order valence-electron chi connectivity index (χ4n) is 2.05. The molecule has 122 valence electrons. The second-order valence-electron chi connectivity index (χ2n) is 5.55. The van der Waals surface area contributed by atoms with Gasteiger partial charge in [-0.05, 0) is 18.1 Å². The van der Waals surface area contributed by atoms with Crippen molar-refractivity contribution in [2.24, 2.45) is 13.0 Å². The van der Waals surface area contributed by atoms with E-state index in [-0.39, 0.29) is 11.8 Å². The molecule has 0 aliphatic rings. The molecule has 7 heteroatoms. The smallest absolute Gasteiger partial charge is 0.319 e. The van der Waals surface area contributed by atoms with Gasteiger partial charge in [-0.2, -0.15) is 5.10 Å². The molecular weight excluding hydrogens is 294 g/mol. The molecule has 0 aliphatic heterocycles. The minimum Gasteiger partial charge on any atom is -0.326 e. The van der Waals surface area contributed by atoms with E-state index in [2.05, 4.69) is 21.0 Å². The summed E-state index contributed by atoms with van der Waals surface area (Å²) in [5, 5.41) is 12.2. The van der Waals surface area contributed by atoms with E-state index in [0.717, 1.165) is 0 Å². The third-order valence-corrected chi connectivity index (χ3v) is 3.23. The molecule has 0 fully saturated rings. The number of urea groups is 1. The second kappa shape index (κ2) is 7.44. The first kappa shape index (κ1) is 16.5. The topological polar surface area (TPSA) is 88.0 Å². The number of aromatic nitrogens is 2. The van der Waals surface area contributed by atoms with Gasteiger partial charge in [0, 0.05) is 25.0 Å². The van der Waals surface area contributed by atoms with Crippen LogP contribution in [0.1, 0.15) is 13.8 Å². The summed E-state index contributed by atoms with van der Waals surface area (Å²) in [6, 6.07) is 9.66. The van der Waals surface area contributed by atoms with E-state index in [4.69, 9.17) is 0 Å². The molecule has 7 nitrogen and oxygen atoms in total. The van der Waals surface area contributed by atoms with Gasteiger partial charge in [-0.15, -0.1) is 0 Å². The maximum Gasteiger partial charge on any atom is 0.319 e. The van der Waals surface area contributed by atoms with E-state index in [1.165, 1.54) is 0 Å². The lowest BCUT2D eigenvalue weighted by Gasteiger charge is -2.21. The van der Waals surface area contributed by atoms with Gasteiger partial charge in [0.15, 0.2) is 5.82 Å². The highest BCUT2D eigenvalue weighted by Crippen LogP contribution is 2.09. The molecule has 3 N–H and O–H groups in total. The number of carbonyl (C=O) groups is 2. The van der Waals surface area contributed by atoms with Gasteiger partial charge in [-0.1, -0.05) is 32.0 Å². The van der Waals surface area contributed by atoms with Crippen molar-refractivity contribution in [3.63, 3.8) is 0 Å². The van der Waals surface area contributed by atoms with Crippen LogP contribution in [0, 0.1) is 5.92 Å². The van der Waals surface area contributed by atoms with Crippen molar-refractivity contribution < 1.29 is 9.59 Å². The van der Waals surface area contributed by atoms with Crippen molar-refractivity contribution in [2.75, 3.05) is 10.6 Å². The summed E-state index contributed by atoms with van der Waals surface area (Å²) in [5.41, 5.74) is 0.664. The zero-order chi connectivity index (χ0) is 16.8. The third kappa shape index (κ3) is 4.84. The zero-order valence-electron chi connectivity index (χ0n) is 13.4. The van der Waals surface area contributed by atoms with Crippen molar-refractivity contribution in [3.8, 4) is 0 Å². The van der Waals surface area contributed by atoms with Crippen molar-refractivity contribution in [2.45, 2.75) is 19.9 Å². The van der Waals surface area contributed by atoms with E-state index in [0.29, 0.717) is 11.5 Å². The Morgan fingerprint density at radius 1 is 1.09 bits per heavy atom. The summed E-state index contributed by atoms with van der Waals surface area (Å²) < 4.78 is 1.59. The number of anilines is 2. The summed E-state index contributed by atoms with van der Waals surface area (Å²) in [6.07, 6.45) is 1.73. The van der Waals surface area contributed by atoms with Crippen LogP contribution in [0.3, 0.4) is 0 Å². The van der Waals surface area contributed by atoms with Gasteiger partial charge in [0.1, 0.15) is 6.04 Å². The molecule has 1 aromatic heterocycles. The van der Waals surface area contributed by atoms with Crippen molar-refractivity contribution in [1.29, 1.82) is 0 Å². The highest BCUT2D eigenvalue weighted by molar-refractivity contribution is 5.98. The number of nitrogens with one attached hydrogen (secondary N) is 3.